The van der Waals surface area contributed by atoms with Crippen molar-refractivity contribution in [1.82, 2.24) is 0 Å². The summed E-state index contributed by atoms with van der Waals surface area (Å²) in [5.41, 5.74) is 0. The van der Waals surface area contributed by atoms with E-state index in [-0.39, 0.29) is 25.7 Å². The first kappa shape index (κ1) is 97.1. The lowest BCUT2D eigenvalue weighted by Crippen LogP contribution is -2.30. The predicted molar refractivity (Wildman–Crippen MR) is 405 cm³/mol. The Labute approximate surface area is 607 Å². The Bertz CT molecular complexity index is 1890. The molecule has 0 fully saturated rings. The molecule has 0 aliphatic rings. The lowest BCUT2D eigenvalue weighted by molar-refractivity contribution is -0.161. The minimum Gasteiger partial charge on any atom is -0.462 e. The van der Waals surface area contributed by atoms with Crippen LogP contribution in [0.15, 0.2) is 0 Å². The van der Waals surface area contributed by atoms with Crippen LogP contribution in [0.25, 0.3) is 0 Å². The van der Waals surface area contributed by atoms with Crippen molar-refractivity contribution in [2.24, 2.45) is 5.92 Å². The molecule has 0 radical (unpaired) electrons. The number of aliphatic hydroxyl groups is 1. The molecule has 0 aromatic heterocycles. The Morgan fingerprint density at radius 2 is 0.465 bits per heavy atom. The Hall–Kier alpha value is -1.94. The van der Waals surface area contributed by atoms with Crippen molar-refractivity contribution in [1.29, 1.82) is 0 Å². The third-order valence-corrected chi connectivity index (χ3v) is 20.7. The molecule has 0 rings (SSSR count). The summed E-state index contributed by atoms with van der Waals surface area (Å²) in [6, 6.07) is 0. The van der Waals surface area contributed by atoms with Gasteiger partial charge in [-0.15, -0.1) is 0 Å². The van der Waals surface area contributed by atoms with E-state index in [9.17, 15) is 43.2 Å². The van der Waals surface area contributed by atoms with E-state index in [1.165, 1.54) is 250 Å². The average Bonchev–Trinajstić information content (AvgIpc) is 1.00. The summed E-state index contributed by atoms with van der Waals surface area (Å²) in [5, 5.41) is 10.6. The summed E-state index contributed by atoms with van der Waals surface area (Å²) < 4.78 is 68.6. The van der Waals surface area contributed by atoms with Crippen LogP contribution >= 0.6 is 15.6 Å². The van der Waals surface area contributed by atoms with Gasteiger partial charge in [-0.2, -0.15) is 0 Å². The van der Waals surface area contributed by atoms with E-state index < -0.39 is 97.5 Å². The van der Waals surface area contributed by atoms with E-state index in [0.717, 1.165) is 95.8 Å². The monoisotopic (exact) mass is 1450 g/mol. The van der Waals surface area contributed by atoms with E-state index in [0.29, 0.717) is 25.7 Å². The van der Waals surface area contributed by atoms with Crippen LogP contribution in [0.4, 0.5) is 0 Å². The molecule has 19 heteroatoms. The minimum atomic E-state index is -4.96. The highest BCUT2D eigenvalue weighted by molar-refractivity contribution is 7.47. The number of carbonyl (C=O) groups is 4. The highest BCUT2D eigenvalue weighted by Gasteiger charge is 2.30. The molecule has 0 aromatic carbocycles. The maximum Gasteiger partial charge on any atom is 0.472 e. The molecule has 2 unspecified atom stereocenters. The molecular formula is C80H156O17P2. The van der Waals surface area contributed by atoms with E-state index in [1.807, 2.05) is 0 Å². The number of phosphoric ester groups is 2. The molecule has 0 aromatic rings. The number of hydrogen-bond donors (Lipinski definition) is 3. The molecule has 0 spiro atoms. The van der Waals surface area contributed by atoms with Crippen molar-refractivity contribution < 1.29 is 80.2 Å². The van der Waals surface area contributed by atoms with Crippen LogP contribution in [0, 0.1) is 5.92 Å². The number of unbranched alkanes of at least 4 members (excludes halogenated alkanes) is 52. The van der Waals surface area contributed by atoms with Crippen molar-refractivity contribution in [3.63, 3.8) is 0 Å². The van der Waals surface area contributed by atoms with Crippen molar-refractivity contribution in [3.8, 4) is 0 Å². The SMILES string of the molecule is CCCCCCCCCCCCCCCCCCCCCCCCC(=O)O[C@H](COC(=O)CCCCCCCCCCCCCC(C)C)COP(=O)(O)OC[C@@H](O)COP(=O)(O)OC[C@@H](COC(=O)CCCCCCCCCCCC)OC(=O)CCCCCCCCCCCCCCC. The lowest BCUT2D eigenvalue weighted by Gasteiger charge is -2.21. The van der Waals surface area contributed by atoms with Crippen molar-refractivity contribution in [3.05, 3.63) is 0 Å². The number of esters is 4. The summed E-state index contributed by atoms with van der Waals surface area (Å²) in [6.07, 6.45) is 63.9. The zero-order chi connectivity index (χ0) is 72.7. The fourth-order valence-electron chi connectivity index (χ4n) is 12.4. The van der Waals surface area contributed by atoms with Gasteiger partial charge in [-0.05, 0) is 31.6 Å². The summed E-state index contributed by atoms with van der Waals surface area (Å²) >= 11 is 0. The average molecular weight is 1450 g/mol. The maximum atomic E-state index is 13.1. The van der Waals surface area contributed by atoms with Gasteiger partial charge in [-0.25, -0.2) is 9.13 Å². The van der Waals surface area contributed by atoms with Crippen LogP contribution in [0.1, 0.15) is 426 Å². The smallest absolute Gasteiger partial charge is 0.462 e. The molecule has 0 saturated carbocycles. The fraction of sp³-hybridized carbons (Fsp3) is 0.950. The van der Waals surface area contributed by atoms with Crippen LogP contribution in [0.5, 0.6) is 0 Å². The third-order valence-electron chi connectivity index (χ3n) is 18.8. The first-order valence-corrected chi connectivity index (χ1v) is 44.6. The van der Waals surface area contributed by atoms with Gasteiger partial charge in [-0.1, -0.05) is 375 Å². The lowest BCUT2D eigenvalue weighted by atomic mass is 10.0. The molecule has 0 heterocycles. The molecule has 5 atom stereocenters. The molecule has 3 N–H and O–H groups in total. The Morgan fingerprint density at radius 3 is 0.687 bits per heavy atom. The number of ether oxygens (including phenoxy) is 4. The van der Waals surface area contributed by atoms with Crippen LogP contribution in [0.2, 0.25) is 0 Å². The van der Waals surface area contributed by atoms with Gasteiger partial charge < -0.3 is 33.8 Å². The van der Waals surface area contributed by atoms with Gasteiger partial charge in [0.25, 0.3) is 0 Å². The van der Waals surface area contributed by atoms with Gasteiger partial charge >= 0.3 is 39.5 Å². The van der Waals surface area contributed by atoms with Crippen LogP contribution in [-0.2, 0) is 65.4 Å². The zero-order valence-electron chi connectivity index (χ0n) is 64.6. The summed E-state index contributed by atoms with van der Waals surface area (Å²) in [4.78, 5) is 72.9. The summed E-state index contributed by atoms with van der Waals surface area (Å²) in [6.45, 7) is 7.31. The predicted octanol–water partition coefficient (Wildman–Crippen LogP) is 24.0. The molecule has 0 aliphatic carbocycles. The standard InChI is InChI=1S/C80H156O17P2/c1-6-9-12-15-18-21-24-26-27-28-29-30-31-32-33-34-36-40-46-51-56-61-66-80(85)97-76(70-91-78(83)64-59-54-49-44-41-37-38-42-47-52-57-62-73(4)5)72-95-99(88,89)93-68-74(81)67-92-98(86,87)94-71-75(69-90-77(82)63-58-53-48-43-23-20-17-14-11-8-3)96-79(84)65-60-55-50-45-39-35-25-22-19-16-13-10-7-2/h73-76,81H,6-72H2,1-5H3,(H,86,87)(H,88,89)/t74-,75+,76+/m0/s1. The third kappa shape index (κ3) is 74.1. The van der Waals surface area contributed by atoms with Crippen molar-refractivity contribution in [2.75, 3.05) is 39.6 Å². The van der Waals surface area contributed by atoms with Gasteiger partial charge in [-0.3, -0.25) is 37.3 Å². The van der Waals surface area contributed by atoms with Gasteiger partial charge in [0.1, 0.15) is 19.3 Å². The van der Waals surface area contributed by atoms with Gasteiger partial charge in [0.2, 0.25) is 0 Å². The highest BCUT2D eigenvalue weighted by Crippen LogP contribution is 2.45. The van der Waals surface area contributed by atoms with Crippen LogP contribution in [-0.4, -0.2) is 96.7 Å². The molecule has 17 nitrogen and oxygen atoms in total. The van der Waals surface area contributed by atoms with Gasteiger partial charge in [0.05, 0.1) is 26.4 Å². The molecule has 0 amide bonds. The van der Waals surface area contributed by atoms with E-state index in [4.69, 9.17) is 37.0 Å². The van der Waals surface area contributed by atoms with Gasteiger partial charge in [0, 0.05) is 25.7 Å². The second-order valence-corrected chi connectivity index (χ2v) is 32.2. The second-order valence-electron chi connectivity index (χ2n) is 29.3. The number of carbonyl (C=O) groups excluding carboxylic acids is 4. The molecule has 0 aliphatic heterocycles. The fourth-order valence-corrected chi connectivity index (χ4v) is 14.0. The largest absolute Gasteiger partial charge is 0.472 e. The number of hydrogen-bond acceptors (Lipinski definition) is 15. The first-order valence-electron chi connectivity index (χ1n) is 41.6. The Morgan fingerprint density at radius 1 is 0.273 bits per heavy atom. The molecule has 99 heavy (non-hydrogen) atoms. The van der Waals surface area contributed by atoms with Gasteiger partial charge in [0.15, 0.2) is 12.2 Å². The van der Waals surface area contributed by atoms with E-state index >= 15 is 0 Å². The van der Waals surface area contributed by atoms with E-state index in [1.54, 1.807) is 0 Å². The highest BCUT2D eigenvalue weighted by atomic mass is 31.2. The Kier molecular flexibility index (Phi) is 71.6. The second kappa shape index (κ2) is 73.0. The first-order chi connectivity index (χ1) is 48.0. The van der Waals surface area contributed by atoms with Crippen molar-refractivity contribution in [2.45, 2.75) is 445 Å². The Balaban J connectivity index is 5.19. The topological polar surface area (TPSA) is 237 Å². The van der Waals surface area contributed by atoms with Crippen molar-refractivity contribution >= 4 is 39.5 Å². The molecule has 0 saturated heterocycles. The summed E-state index contributed by atoms with van der Waals surface area (Å²) in [7, 11) is -9.91. The van der Waals surface area contributed by atoms with E-state index in [2.05, 4.69) is 34.6 Å². The van der Waals surface area contributed by atoms with Crippen LogP contribution in [0.3, 0.4) is 0 Å². The molecular weight excluding hydrogens is 1290 g/mol. The zero-order valence-corrected chi connectivity index (χ0v) is 66.4. The minimum absolute atomic E-state index is 0.108. The maximum absolute atomic E-state index is 13.1. The normalized spacial score (nSPS) is 13.9. The van der Waals surface area contributed by atoms with Crippen LogP contribution < -0.4 is 0 Å². The molecule has 588 valence electrons. The quantitative estimate of drug-likeness (QED) is 0.0222. The number of phosphoric acid groups is 2. The number of aliphatic hydroxyl groups excluding tert-OH is 1. The number of rotatable bonds is 80. The summed E-state index contributed by atoms with van der Waals surface area (Å²) in [5.74, 6) is -1.34. The molecule has 0 bridgehead atoms.